The van der Waals surface area contributed by atoms with Crippen molar-refractivity contribution < 1.29 is 9.59 Å². The third kappa shape index (κ3) is 3.99. The van der Waals surface area contributed by atoms with Gasteiger partial charge in [-0.15, -0.1) is 0 Å². The quantitative estimate of drug-likeness (QED) is 0.818. The van der Waals surface area contributed by atoms with Gasteiger partial charge in [0.05, 0.1) is 5.92 Å². The van der Waals surface area contributed by atoms with E-state index in [0.29, 0.717) is 17.6 Å². The average molecular weight is 396 g/mol. The third-order valence-corrected chi connectivity index (χ3v) is 6.58. The summed E-state index contributed by atoms with van der Waals surface area (Å²) in [6.07, 6.45) is 6.29. The molecule has 2 N–H and O–H groups in total. The number of fused-ring (bicyclic) bond motifs is 1. The largest absolute Gasteiger partial charge is 0.353 e. The Morgan fingerprint density at radius 1 is 1.00 bits per heavy atom. The van der Waals surface area contributed by atoms with E-state index in [2.05, 4.69) is 25.6 Å². The lowest BCUT2D eigenvalue weighted by atomic mass is 9.93. The molecule has 2 amide bonds. The predicted octanol–water partition coefficient (Wildman–Crippen LogP) is 1.55. The number of H-pyrrole nitrogens is 1. The summed E-state index contributed by atoms with van der Waals surface area (Å²) in [5.74, 6) is 0.431. The van der Waals surface area contributed by atoms with Crippen molar-refractivity contribution in [1.82, 2.24) is 30.5 Å². The van der Waals surface area contributed by atoms with Crippen molar-refractivity contribution in [2.45, 2.75) is 50.6 Å². The maximum absolute atomic E-state index is 12.9. The van der Waals surface area contributed by atoms with Gasteiger partial charge in [0.15, 0.2) is 0 Å². The summed E-state index contributed by atoms with van der Waals surface area (Å²) >= 11 is 0. The molecule has 1 aliphatic carbocycles. The molecular weight excluding hydrogens is 368 g/mol. The number of aromatic nitrogens is 3. The van der Waals surface area contributed by atoms with Crippen LogP contribution < -0.4 is 5.32 Å². The Bertz CT molecular complexity index is 899. The lowest BCUT2D eigenvalue weighted by Gasteiger charge is -2.42. The van der Waals surface area contributed by atoms with Gasteiger partial charge in [-0.1, -0.05) is 0 Å². The number of amides is 2. The zero-order valence-electron chi connectivity index (χ0n) is 16.6. The highest BCUT2D eigenvalue weighted by Gasteiger charge is 2.34. The number of nitrogens with one attached hydrogen (secondary N) is 2. The molecule has 5 rings (SSSR count). The number of piperidine rings is 2. The van der Waals surface area contributed by atoms with Crippen LogP contribution in [0.2, 0.25) is 0 Å². The van der Waals surface area contributed by atoms with Gasteiger partial charge in [0.2, 0.25) is 5.91 Å². The molecule has 8 nitrogen and oxygen atoms in total. The van der Waals surface area contributed by atoms with Crippen molar-refractivity contribution in [3.05, 3.63) is 23.8 Å². The molecule has 0 spiro atoms. The molecule has 3 heterocycles. The van der Waals surface area contributed by atoms with Crippen LogP contribution in [0.15, 0.2) is 18.2 Å². The number of hydrogen-bond acceptors (Lipinski definition) is 5. The Balaban J connectivity index is 1.16. The van der Waals surface area contributed by atoms with Crippen LogP contribution in [0, 0.1) is 5.92 Å². The number of aromatic amines is 1. The van der Waals surface area contributed by atoms with E-state index in [4.69, 9.17) is 0 Å². The maximum Gasteiger partial charge on any atom is 0.253 e. The summed E-state index contributed by atoms with van der Waals surface area (Å²) < 4.78 is 0. The highest BCUT2D eigenvalue weighted by atomic mass is 16.2. The molecular formula is C21H28N6O2. The van der Waals surface area contributed by atoms with Crippen LogP contribution in [0.3, 0.4) is 0 Å². The molecule has 154 valence electrons. The highest BCUT2D eigenvalue weighted by molar-refractivity contribution is 5.97. The van der Waals surface area contributed by atoms with Crippen LogP contribution >= 0.6 is 0 Å². The number of benzene rings is 1. The lowest BCUT2D eigenvalue weighted by Crippen LogP contribution is -2.51. The van der Waals surface area contributed by atoms with Gasteiger partial charge in [-0.05, 0) is 63.3 Å². The van der Waals surface area contributed by atoms with Crippen LogP contribution in [0.25, 0.3) is 11.0 Å². The fourth-order valence-corrected chi connectivity index (χ4v) is 4.69. The Kier molecular flexibility index (Phi) is 4.95. The molecule has 2 aromatic rings. The normalized spacial score (nSPS) is 24.0. The first-order valence-electron chi connectivity index (χ1n) is 10.8. The molecule has 3 fully saturated rings. The Labute approximate surface area is 170 Å². The van der Waals surface area contributed by atoms with Crippen molar-refractivity contribution in [2.24, 2.45) is 5.92 Å². The molecule has 8 heteroatoms. The fraction of sp³-hybridized carbons (Fsp3) is 0.619. The van der Waals surface area contributed by atoms with E-state index in [0.717, 1.165) is 75.7 Å². The summed E-state index contributed by atoms with van der Waals surface area (Å²) in [4.78, 5) is 29.8. The fourth-order valence-electron chi connectivity index (χ4n) is 4.69. The number of carbonyl (C=O) groups is 2. The minimum Gasteiger partial charge on any atom is -0.353 e. The van der Waals surface area contributed by atoms with Gasteiger partial charge in [-0.2, -0.15) is 15.4 Å². The first-order chi connectivity index (χ1) is 14.2. The Morgan fingerprint density at radius 3 is 2.59 bits per heavy atom. The molecule has 0 unspecified atom stereocenters. The van der Waals surface area contributed by atoms with E-state index >= 15 is 0 Å². The van der Waals surface area contributed by atoms with Crippen molar-refractivity contribution >= 4 is 22.8 Å². The molecule has 2 saturated heterocycles. The molecule has 3 aliphatic rings. The van der Waals surface area contributed by atoms with E-state index in [1.54, 1.807) is 6.07 Å². The zero-order chi connectivity index (χ0) is 19.8. The van der Waals surface area contributed by atoms with Gasteiger partial charge in [0.25, 0.3) is 5.91 Å². The molecule has 1 aromatic heterocycles. The second-order valence-corrected chi connectivity index (χ2v) is 8.67. The summed E-state index contributed by atoms with van der Waals surface area (Å²) in [7, 11) is 0. The monoisotopic (exact) mass is 396 g/mol. The first-order valence-corrected chi connectivity index (χ1v) is 10.8. The van der Waals surface area contributed by atoms with Gasteiger partial charge < -0.3 is 10.2 Å². The summed E-state index contributed by atoms with van der Waals surface area (Å²) in [5, 5.41) is 13.9. The first kappa shape index (κ1) is 18.5. The van der Waals surface area contributed by atoms with Gasteiger partial charge in [-0.3, -0.25) is 14.5 Å². The minimum absolute atomic E-state index is 0.0636. The van der Waals surface area contributed by atoms with E-state index in [9.17, 15) is 9.59 Å². The molecule has 1 saturated carbocycles. The van der Waals surface area contributed by atoms with Crippen LogP contribution in [0.1, 0.15) is 48.9 Å². The van der Waals surface area contributed by atoms with Crippen LogP contribution in [0.5, 0.6) is 0 Å². The smallest absolute Gasteiger partial charge is 0.253 e. The van der Waals surface area contributed by atoms with E-state index < -0.39 is 0 Å². The second kappa shape index (κ2) is 7.74. The van der Waals surface area contributed by atoms with Gasteiger partial charge in [0.1, 0.15) is 11.0 Å². The number of rotatable bonds is 4. The van der Waals surface area contributed by atoms with Crippen molar-refractivity contribution in [3.63, 3.8) is 0 Å². The standard InChI is InChI=1S/C21H28N6O2/c28-20(22-16-4-5-16)15-2-1-9-27(13-15)17-7-10-26(11-8-17)21(29)14-3-6-18-19(12-14)24-25-23-18/h3,6,12,15-17H,1-2,4-5,7-11,13H2,(H,22,28)(H,23,24,25)/t15-/m0/s1. The third-order valence-electron chi connectivity index (χ3n) is 6.58. The van der Waals surface area contributed by atoms with Gasteiger partial charge in [0, 0.05) is 37.3 Å². The van der Waals surface area contributed by atoms with Crippen molar-refractivity contribution in [2.75, 3.05) is 26.2 Å². The minimum atomic E-state index is 0.0636. The van der Waals surface area contributed by atoms with Crippen LogP contribution in [-0.2, 0) is 4.79 Å². The molecule has 1 atom stereocenters. The molecule has 0 radical (unpaired) electrons. The average Bonchev–Trinajstić information content (AvgIpc) is 3.46. The van der Waals surface area contributed by atoms with Gasteiger partial charge in [-0.25, -0.2) is 0 Å². The second-order valence-electron chi connectivity index (χ2n) is 8.67. The predicted molar refractivity (Wildman–Crippen MR) is 108 cm³/mol. The molecule has 0 bridgehead atoms. The Hall–Kier alpha value is -2.48. The zero-order valence-corrected chi connectivity index (χ0v) is 16.6. The van der Waals surface area contributed by atoms with E-state index in [-0.39, 0.29) is 17.7 Å². The molecule has 1 aromatic carbocycles. The SMILES string of the molecule is O=C(NC1CC1)[C@H]1CCCN(C2CCN(C(=O)c3ccc4n[nH]nc4c3)CC2)C1. The number of nitrogens with zero attached hydrogens (tertiary/aromatic N) is 4. The topological polar surface area (TPSA) is 94.2 Å². The van der Waals surface area contributed by atoms with Crippen molar-refractivity contribution in [3.8, 4) is 0 Å². The molecule has 29 heavy (non-hydrogen) atoms. The maximum atomic E-state index is 12.9. The van der Waals surface area contributed by atoms with Crippen LogP contribution in [-0.4, -0.2) is 75.3 Å². The van der Waals surface area contributed by atoms with Crippen LogP contribution in [0.4, 0.5) is 0 Å². The Morgan fingerprint density at radius 2 is 1.79 bits per heavy atom. The summed E-state index contributed by atoms with van der Waals surface area (Å²) in [6, 6.07) is 6.37. The number of likely N-dealkylation sites (tertiary alicyclic amines) is 2. The summed E-state index contributed by atoms with van der Waals surface area (Å²) in [5.41, 5.74) is 2.15. The molecule has 2 aliphatic heterocycles. The number of hydrogen-bond donors (Lipinski definition) is 2. The lowest BCUT2D eigenvalue weighted by molar-refractivity contribution is -0.127. The summed E-state index contributed by atoms with van der Waals surface area (Å²) in [6.45, 7) is 3.44. The van der Waals surface area contributed by atoms with E-state index in [1.807, 2.05) is 17.0 Å². The van der Waals surface area contributed by atoms with E-state index in [1.165, 1.54) is 0 Å². The number of carbonyl (C=O) groups excluding carboxylic acids is 2. The van der Waals surface area contributed by atoms with Crippen molar-refractivity contribution in [1.29, 1.82) is 0 Å². The van der Waals surface area contributed by atoms with Gasteiger partial charge >= 0.3 is 0 Å². The highest BCUT2D eigenvalue weighted by Crippen LogP contribution is 2.26.